The van der Waals surface area contributed by atoms with Crippen LogP contribution in [0.1, 0.15) is 21.7 Å². The molecule has 7 nitrogen and oxygen atoms in total. The maximum atomic E-state index is 12.4. The van der Waals surface area contributed by atoms with Crippen LogP contribution in [0, 0.1) is 18.3 Å². The maximum Gasteiger partial charge on any atom is 0.254 e. The van der Waals surface area contributed by atoms with E-state index in [9.17, 15) is 4.79 Å². The molecule has 0 aliphatic carbocycles. The summed E-state index contributed by atoms with van der Waals surface area (Å²) in [6.45, 7) is 4.33. The van der Waals surface area contributed by atoms with Crippen molar-refractivity contribution in [3.63, 3.8) is 0 Å². The van der Waals surface area contributed by atoms with Gasteiger partial charge in [-0.2, -0.15) is 5.26 Å². The number of carbonyl (C=O) groups is 1. The molecule has 0 spiro atoms. The van der Waals surface area contributed by atoms with Gasteiger partial charge in [-0.25, -0.2) is 9.97 Å². The molecule has 1 saturated heterocycles. The van der Waals surface area contributed by atoms with Crippen LogP contribution in [0.5, 0.6) is 0 Å². The van der Waals surface area contributed by atoms with Gasteiger partial charge >= 0.3 is 0 Å². The van der Waals surface area contributed by atoms with E-state index in [1.165, 1.54) is 0 Å². The molecule has 0 radical (unpaired) electrons. The Morgan fingerprint density at radius 3 is 2.52 bits per heavy atom. The summed E-state index contributed by atoms with van der Waals surface area (Å²) in [7, 11) is 0. The number of amides is 1. The number of nitrogens with zero attached hydrogens (tertiary/aromatic N) is 6. The zero-order valence-corrected chi connectivity index (χ0v) is 12.8. The van der Waals surface area contributed by atoms with Crippen LogP contribution in [0.3, 0.4) is 0 Å². The first kappa shape index (κ1) is 14.9. The lowest BCUT2D eigenvalue weighted by molar-refractivity contribution is 0.0746. The Hall–Kier alpha value is -3.01. The number of anilines is 1. The zero-order valence-electron chi connectivity index (χ0n) is 12.8. The summed E-state index contributed by atoms with van der Waals surface area (Å²) in [4.78, 5) is 28.8. The van der Waals surface area contributed by atoms with Crippen LogP contribution in [0.4, 0.5) is 5.95 Å². The highest BCUT2D eigenvalue weighted by atomic mass is 16.2. The van der Waals surface area contributed by atoms with Crippen molar-refractivity contribution >= 4 is 11.9 Å². The highest BCUT2D eigenvalue weighted by molar-refractivity contribution is 5.94. The Balaban J connectivity index is 1.68. The first-order valence-electron chi connectivity index (χ1n) is 7.37. The fraction of sp³-hybridized carbons (Fsp3) is 0.312. The predicted molar refractivity (Wildman–Crippen MR) is 83.8 cm³/mol. The summed E-state index contributed by atoms with van der Waals surface area (Å²) >= 11 is 0. The van der Waals surface area contributed by atoms with E-state index in [2.05, 4.69) is 15.0 Å². The van der Waals surface area contributed by atoms with Gasteiger partial charge in [0.15, 0.2) is 0 Å². The molecular weight excluding hydrogens is 292 g/mol. The van der Waals surface area contributed by atoms with E-state index in [1.807, 2.05) is 22.8 Å². The van der Waals surface area contributed by atoms with Gasteiger partial charge in [-0.1, -0.05) is 0 Å². The number of aromatic nitrogens is 3. The number of aryl methyl sites for hydroxylation is 1. The van der Waals surface area contributed by atoms with E-state index < -0.39 is 0 Å². The Morgan fingerprint density at radius 1 is 1.17 bits per heavy atom. The van der Waals surface area contributed by atoms with Gasteiger partial charge in [-0.05, 0) is 25.1 Å². The van der Waals surface area contributed by atoms with Crippen LogP contribution in [0.15, 0.2) is 30.6 Å². The molecule has 2 aromatic heterocycles. The van der Waals surface area contributed by atoms with Gasteiger partial charge in [-0.15, -0.1) is 0 Å². The summed E-state index contributed by atoms with van der Waals surface area (Å²) in [5.41, 5.74) is 1.77. The van der Waals surface area contributed by atoms with Gasteiger partial charge < -0.3 is 9.80 Å². The lowest BCUT2D eigenvalue weighted by Gasteiger charge is -2.34. The molecule has 1 fully saturated rings. The average Bonchev–Trinajstić information content (AvgIpc) is 2.61. The molecule has 0 aromatic carbocycles. The molecule has 3 heterocycles. The first-order valence-corrected chi connectivity index (χ1v) is 7.37. The molecular formula is C16H16N6O. The van der Waals surface area contributed by atoms with Gasteiger partial charge in [0, 0.05) is 49.8 Å². The quantitative estimate of drug-likeness (QED) is 0.823. The van der Waals surface area contributed by atoms with Crippen molar-refractivity contribution < 1.29 is 4.79 Å². The van der Waals surface area contributed by atoms with Crippen LogP contribution >= 0.6 is 0 Å². The summed E-state index contributed by atoms with van der Waals surface area (Å²) < 4.78 is 0. The lowest BCUT2D eigenvalue weighted by atomic mass is 10.2. The predicted octanol–water partition coefficient (Wildman–Crippen LogP) is 1.01. The summed E-state index contributed by atoms with van der Waals surface area (Å²) in [5.74, 6) is 0.562. The van der Waals surface area contributed by atoms with Crippen LogP contribution < -0.4 is 4.90 Å². The van der Waals surface area contributed by atoms with Crippen LogP contribution in [-0.2, 0) is 0 Å². The molecule has 0 atom stereocenters. The molecule has 0 N–H and O–H groups in total. The maximum absolute atomic E-state index is 12.4. The third-order valence-corrected chi connectivity index (χ3v) is 3.73. The van der Waals surface area contributed by atoms with E-state index >= 15 is 0 Å². The van der Waals surface area contributed by atoms with Crippen molar-refractivity contribution in [1.29, 1.82) is 5.26 Å². The number of piperazine rings is 1. The van der Waals surface area contributed by atoms with Gasteiger partial charge in [0.05, 0.1) is 0 Å². The number of carbonyl (C=O) groups excluding carboxylic acids is 1. The number of rotatable bonds is 2. The van der Waals surface area contributed by atoms with Crippen LogP contribution in [0.2, 0.25) is 0 Å². The monoisotopic (exact) mass is 308 g/mol. The molecule has 3 rings (SSSR count). The van der Waals surface area contributed by atoms with Crippen molar-refractivity contribution in [2.75, 3.05) is 31.1 Å². The molecule has 23 heavy (non-hydrogen) atoms. The molecule has 1 aliphatic heterocycles. The number of hydrogen-bond acceptors (Lipinski definition) is 6. The van der Waals surface area contributed by atoms with Crippen molar-refractivity contribution in [2.45, 2.75) is 6.92 Å². The van der Waals surface area contributed by atoms with Crippen molar-refractivity contribution in [1.82, 2.24) is 19.9 Å². The zero-order chi connectivity index (χ0) is 16.2. The van der Waals surface area contributed by atoms with Crippen molar-refractivity contribution in [3.8, 4) is 6.07 Å². The fourth-order valence-corrected chi connectivity index (χ4v) is 2.54. The molecule has 1 aliphatic rings. The second-order valence-electron chi connectivity index (χ2n) is 5.32. The smallest absolute Gasteiger partial charge is 0.254 e. The van der Waals surface area contributed by atoms with Crippen molar-refractivity contribution in [3.05, 3.63) is 47.5 Å². The Labute approximate surface area is 134 Å². The topological polar surface area (TPSA) is 86.0 Å². The highest BCUT2D eigenvalue weighted by Gasteiger charge is 2.23. The number of nitriles is 1. The summed E-state index contributed by atoms with van der Waals surface area (Å²) in [6, 6.07) is 7.15. The first-order chi connectivity index (χ1) is 11.2. The van der Waals surface area contributed by atoms with Gasteiger partial charge in [0.2, 0.25) is 5.95 Å². The highest BCUT2D eigenvalue weighted by Crippen LogP contribution is 2.14. The van der Waals surface area contributed by atoms with E-state index in [-0.39, 0.29) is 5.91 Å². The van der Waals surface area contributed by atoms with E-state index in [4.69, 9.17) is 5.26 Å². The molecule has 116 valence electrons. The Morgan fingerprint density at radius 2 is 1.87 bits per heavy atom. The summed E-state index contributed by atoms with van der Waals surface area (Å²) in [5, 5.41) is 9.01. The lowest BCUT2D eigenvalue weighted by Crippen LogP contribution is -2.49. The van der Waals surface area contributed by atoms with E-state index in [0.29, 0.717) is 43.4 Å². The molecule has 2 aromatic rings. The summed E-state index contributed by atoms with van der Waals surface area (Å²) in [6.07, 6.45) is 3.24. The van der Waals surface area contributed by atoms with Gasteiger partial charge in [-0.3, -0.25) is 9.78 Å². The Kier molecular flexibility index (Phi) is 4.15. The average molecular weight is 308 g/mol. The number of hydrogen-bond donors (Lipinski definition) is 0. The normalized spacial score (nSPS) is 14.4. The minimum Gasteiger partial charge on any atom is -0.337 e. The minimum absolute atomic E-state index is 0.00919. The van der Waals surface area contributed by atoms with Crippen LogP contribution in [0.25, 0.3) is 0 Å². The van der Waals surface area contributed by atoms with E-state index in [1.54, 1.807) is 30.6 Å². The van der Waals surface area contributed by atoms with Crippen LogP contribution in [-0.4, -0.2) is 51.9 Å². The molecule has 1 amide bonds. The third-order valence-electron chi connectivity index (χ3n) is 3.73. The molecule has 0 saturated carbocycles. The molecule has 7 heteroatoms. The largest absolute Gasteiger partial charge is 0.337 e. The van der Waals surface area contributed by atoms with E-state index in [0.717, 1.165) is 5.69 Å². The van der Waals surface area contributed by atoms with Gasteiger partial charge in [0.1, 0.15) is 11.8 Å². The standard InChI is InChI=1S/C16H16N6O/c1-12-10-14(11-17)20-16(19-12)22-8-6-21(7-9-22)15(23)13-2-4-18-5-3-13/h2-5,10H,6-9H2,1H3. The fourth-order valence-electron chi connectivity index (χ4n) is 2.54. The second kappa shape index (κ2) is 6.40. The van der Waals surface area contributed by atoms with Crippen molar-refractivity contribution in [2.24, 2.45) is 0 Å². The Bertz CT molecular complexity index is 747. The molecule has 0 bridgehead atoms. The van der Waals surface area contributed by atoms with Gasteiger partial charge in [0.25, 0.3) is 5.91 Å². The molecule has 0 unspecified atom stereocenters. The second-order valence-corrected chi connectivity index (χ2v) is 5.32. The SMILES string of the molecule is Cc1cc(C#N)nc(N2CCN(C(=O)c3ccncc3)CC2)n1. The minimum atomic E-state index is 0.00919. The number of pyridine rings is 1. The third kappa shape index (κ3) is 3.26.